The van der Waals surface area contributed by atoms with Crippen molar-refractivity contribution in [2.24, 2.45) is 0 Å². The molecule has 1 nitrogen and oxygen atoms in total. The van der Waals surface area contributed by atoms with E-state index in [1.807, 2.05) is 23.5 Å². The lowest BCUT2D eigenvalue weighted by atomic mass is 10.4. The number of aliphatic hydroxyl groups is 1. The highest BCUT2D eigenvalue weighted by Crippen LogP contribution is 2.37. The predicted molar refractivity (Wildman–Crippen MR) is 70.2 cm³/mol. The summed E-state index contributed by atoms with van der Waals surface area (Å²) in [6.07, 6.45) is 5.01. The highest BCUT2D eigenvalue weighted by atomic mass is 32.2. The van der Waals surface area contributed by atoms with E-state index in [1.54, 1.807) is 0 Å². The van der Waals surface area contributed by atoms with Gasteiger partial charge in [0, 0.05) is 0 Å². The van der Waals surface area contributed by atoms with Crippen molar-refractivity contribution in [3.05, 3.63) is 0 Å². The zero-order valence-corrected chi connectivity index (χ0v) is 11.3. The molecule has 0 radical (unpaired) electrons. The van der Waals surface area contributed by atoms with E-state index < -0.39 is 0 Å². The highest BCUT2D eigenvalue weighted by Gasteiger charge is 2.23. The summed E-state index contributed by atoms with van der Waals surface area (Å²) in [5.74, 6) is 2.35. The van der Waals surface area contributed by atoms with Gasteiger partial charge in [0.05, 0.1) is 10.7 Å². The molecular formula is C11H24OS2. The van der Waals surface area contributed by atoms with E-state index in [0.29, 0.717) is 0 Å². The van der Waals surface area contributed by atoms with Crippen LogP contribution in [-0.4, -0.2) is 27.3 Å². The zero-order chi connectivity index (χ0) is 10.9. The second-order valence-corrected chi connectivity index (χ2v) is 7.15. The number of rotatable bonds is 9. The fraction of sp³-hybridized carbons (Fsp3) is 1.00. The molecule has 0 aromatic heterocycles. The van der Waals surface area contributed by atoms with Gasteiger partial charge in [0.2, 0.25) is 0 Å². The first-order valence-electron chi connectivity index (χ1n) is 5.57. The average Bonchev–Trinajstić information content (AvgIpc) is 2.19. The van der Waals surface area contributed by atoms with Gasteiger partial charge in [-0.15, -0.1) is 23.5 Å². The van der Waals surface area contributed by atoms with Gasteiger partial charge in [-0.05, 0) is 31.3 Å². The minimum Gasteiger partial charge on any atom is -0.394 e. The summed E-state index contributed by atoms with van der Waals surface area (Å²) in [6.45, 7) is 6.87. The molecule has 1 N–H and O–H groups in total. The molecule has 0 spiro atoms. The number of unbranched alkanes of at least 4 members (excludes halogenated alkanes) is 2. The second-order valence-electron chi connectivity index (χ2n) is 3.70. The van der Waals surface area contributed by atoms with Crippen LogP contribution < -0.4 is 0 Å². The Bertz CT molecular complexity index is 118. The van der Waals surface area contributed by atoms with Crippen LogP contribution in [0, 0.1) is 0 Å². The Morgan fingerprint density at radius 2 is 1.43 bits per heavy atom. The maximum absolute atomic E-state index is 9.34. The van der Waals surface area contributed by atoms with Gasteiger partial charge in [0.25, 0.3) is 0 Å². The summed E-state index contributed by atoms with van der Waals surface area (Å²) in [4.78, 5) is 0. The number of thioether (sulfide) groups is 2. The van der Waals surface area contributed by atoms with Crippen molar-refractivity contribution in [1.82, 2.24) is 0 Å². The van der Waals surface area contributed by atoms with Gasteiger partial charge < -0.3 is 5.11 Å². The molecule has 3 heteroatoms. The van der Waals surface area contributed by atoms with Crippen molar-refractivity contribution in [2.45, 2.75) is 50.5 Å². The second kappa shape index (κ2) is 8.93. The maximum Gasteiger partial charge on any atom is 0.0812 e. The summed E-state index contributed by atoms with van der Waals surface area (Å²) in [5.41, 5.74) is 0. The molecule has 0 saturated carbocycles. The smallest absolute Gasteiger partial charge is 0.0812 e. The van der Waals surface area contributed by atoms with Gasteiger partial charge >= 0.3 is 0 Å². The molecule has 0 rings (SSSR count). The van der Waals surface area contributed by atoms with E-state index in [-0.39, 0.29) is 10.7 Å². The Morgan fingerprint density at radius 1 is 1.00 bits per heavy atom. The van der Waals surface area contributed by atoms with Crippen LogP contribution in [0.5, 0.6) is 0 Å². The van der Waals surface area contributed by atoms with E-state index in [1.165, 1.54) is 37.2 Å². The van der Waals surface area contributed by atoms with Crippen molar-refractivity contribution < 1.29 is 5.11 Å². The molecule has 14 heavy (non-hydrogen) atoms. The van der Waals surface area contributed by atoms with Crippen LogP contribution in [0.2, 0.25) is 0 Å². The van der Waals surface area contributed by atoms with Crippen LogP contribution in [0.1, 0.15) is 46.5 Å². The van der Waals surface area contributed by atoms with Crippen molar-refractivity contribution >= 4 is 23.5 Å². The van der Waals surface area contributed by atoms with Crippen molar-refractivity contribution in [1.29, 1.82) is 0 Å². The SMILES string of the molecule is CCCCSC(C)(CO)SCCCC. The molecule has 0 atom stereocenters. The average molecular weight is 236 g/mol. The first-order valence-corrected chi connectivity index (χ1v) is 7.54. The quantitative estimate of drug-likeness (QED) is 0.486. The van der Waals surface area contributed by atoms with E-state index in [4.69, 9.17) is 0 Å². The molecule has 0 aromatic rings. The molecule has 86 valence electrons. The Kier molecular flexibility index (Phi) is 9.35. The van der Waals surface area contributed by atoms with Gasteiger partial charge in [0.15, 0.2) is 0 Å². The lowest BCUT2D eigenvalue weighted by Crippen LogP contribution is -2.21. The lowest BCUT2D eigenvalue weighted by Gasteiger charge is -2.26. The molecule has 0 aliphatic rings. The molecule has 0 bridgehead atoms. The van der Waals surface area contributed by atoms with Crippen molar-refractivity contribution in [2.75, 3.05) is 18.1 Å². The van der Waals surface area contributed by atoms with E-state index >= 15 is 0 Å². The van der Waals surface area contributed by atoms with E-state index in [2.05, 4.69) is 20.8 Å². The van der Waals surface area contributed by atoms with Crippen LogP contribution >= 0.6 is 23.5 Å². The summed E-state index contributed by atoms with van der Waals surface area (Å²) in [6, 6.07) is 0. The third-order valence-electron chi connectivity index (χ3n) is 2.10. The van der Waals surface area contributed by atoms with Gasteiger partial charge in [0.1, 0.15) is 0 Å². The van der Waals surface area contributed by atoms with Crippen molar-refractivity contribution in [3.8, 4) is 0 Å². The Labute approximate surface area is 97.4 Å². The van der Waals surface area contributed by atoms with Gasteiger partial charge in [-0.2, -0.15) is 0 Å². The monoisotopic (exact) mass is 236 g/mol. The molecule has 0 saturated heterocycles. The third kappa shape index (κ3) is 7.02. The lowest BCUT2D eigenvalue weighted by molar-refractivity contribution is 0.290. The third-order valence-corrected chi connectivity index (χ3v) is 5.27. The maximum atomic E-state index is 9.34. The Morgan fingerprint density at radius 3 is 1.71 bits per heavy atom. The minimum absolute atomic E-state index is 0.0321. The normalized spacial score (nSPS) is 12.0. The van der Waals surface area contributed by atoms with Gasteiger partial charge in [-0.3, -0.25) is 0 Å². The van der Waals surface area contributed by atoms with Crippen LogP contribution in [0.4, 0.5) is 0 Å². The van der Waals surface area contributed by atoms with Gasteiger partial charge in [-0.25, -0.2) is 0 Å². The first-order chi connectivity index (χ1) is 6.68. The summed E-state index contributed by atoms with van der Waals surface area (Å²) >= 11 is 3.82. The molecule has 0 fully saturated rings. The van der Waals surface area contributed by atoms with Gasteiger partial charge in [-0.1, -0.05) is 26.7 Å². The molecule has 0 unspecified atom stereocenters. The van der Waals surface area contributed by atoms with Crippen LogP contribution in [0.15, 0.2) is 0 Å². The number of hydrogen-bond acceptors (Lipinski definition) is 3. The largest absolute Gasteiger partial charge is 0.394 e. The van der Waals surface area contributed by atoms with Crippen LogP contribution in [0.3, 0.4) is 0 Å². The fourth-order valence-electron chi connectivity index (χ4n) is 0.998. The molecule has 0 aliphatic heterocycles. The summed E-state index contributed by atoms with van der Waals surface area (Å²) < 4.78 is 0.0321. The number of hydrogen-bond donors (Lipinski definition) is 1. The topological polar surface area (TPSA) is 20.2 Å². The molecule has 0 aromatic carbocycles. The van der Waals surface area contributed by atoms with Crippen molar-refractivity contribution in [3.63, 3.8) is 0 Å². The molecule has 0 aliphatic carbocycles. The Hall–Kier alpha value is 0.660. The predicted octanol–water partition coefficient (Wildman–Crippen LogP) is 3.76. The van der Waals surface area contributed by atoms with E-state index in [9.17, 15) is 5.11 Å². The fourth-order valence-corrected chi connectivity index (χ4v) is 3.74. The summed E-state index contributed by atoms with van der Waals surface area (Å²) in [7, 11) is 0. The minimum atomic E-state index is 0.0321. The molecule has 0 amide bonds. The van der Waals surface area contributed by atoms with Crippen LogP contribution in [0.25, 0.3) is 0 Å². The summed E-state index contributed by atoms with van der Waals surface area (Å²) in [5, 5.41) is 9.34. The molecular weight excluding hydrogens is 212 g/mol. The first kappa shape index (κ1) is 14.7. The van der Waals surface area contributed by atoms with Crippen LogP contribution in [-0.2, 0) is 0 Å². The highest BCUT2D eigenvalue weighted by molar-refractivity contribution is 8.18. The number of aliphatic hydroxyl groups excluding tert-OH is 1. The zero-order valence-electron chi connectivity index (χ0n) is 9.71. The molecule has 0 heterocycles. The Balaban J connectivity index is 3.67. The van der Waals surface area contributed by atoms with E-state index in [0.717, 1.165) is 0 Å². The standard InChI is InChI=1S/C11H24OS2/c1-4-6-8-13-11(3,10-12)14-9-7-5-2/h12H,4-10H2,1-3H3.